The zero-order valence-electron chi connectivity index (χ0n) is 15.5. The van der Waals surface area contributed by atoms with Gasteiger partial charge in [0.2, 0.25) is 5.91 Å². The van der Waals surface area contributed by atoms with E-state index < -0.39 is 23.2 Å². The Bertz CT molecular complexity index is 920. The smallest absolute Gasteiger partial charge is 0.254 e. The molecular formula is C21H21FN2O4. The van der Waals surface area contributed by atoms with Crippen molar-refractivity contribution in [3.05, 3.63) is 65.5 Å². The van der Waals surface area contributed by atoms with Gasteiger partial charge in [0.15, 0.2) is 11.6 Å². The molecular weight excluding hydrogens is 363 g/mol. The first kappa shape index (κ1) is 18.4. The second-order valence-corrected chi connectivity index (χ2v) is 7.21. The van der Waals surface area contributed by atoms with Gasteiger partial charge < -0.3 is 19.6 Å². The zero-order valence-corrected chi connectivity index (χ0v) is 15.5. The first-order valence-corrected chi connectivity index (χ1v) is 9.15. The van der Waals surface area contributed by atoms with Gasteiger partial charge in [0.1, 0.15) is 12.7 Å². The highest BCUT2D eigenvalue weighted by Crippen LogP contribution is 2.42. The quantitative estimate of drug-likeness (QED) is 0.861. The number of carbonyl (C=O) groups is 2. The summed E-state index contributed by atoms with van der Waals surface area (Å²) in [4.78, 5) is 28.6. The lowest BCUT2D eigenvalue weighted by Gasteiger charge is -2.54. The van der Waals surface area contributed by atoms with Gasteiger partial charge in [-0.1, -0.05) is 30.3 Å². The van der Waals surface area contributed by atoms with Gasteiger partial charge in [-0.15, -0.1) is 0 Å². The molecule has 2 aliphatic heterocycles. The van der Waals surface area contributed by atoms with Crippen LogP contribution in [-0.2, 0) is 15.1 Å². The SMILES string of the molecule is CN1C(=O)CO[C@@H]2CN(C(=O)c3ccc(O)c(F)c3)CC[C@]21c1ccccc1. The number of morpholine rings is 1. The third-order valence-corrected chi connectivity index (χ3v) is 5.82. The van der Waals surface area contributed by atoms with Crippen molar-refractivity contribution in [2.45, 2.75) is 18.1 Å². The van der Waals surface area contributed by atoms with Crippen LogP contribution < -0.4 is 0 Å². The van der Waals surface area contributed by atoms with E-state index in [9.17, 15) is 19.1 Å². The van der Waals surface area contributed by atoms with E-state index in [4.69, 9.17) is 4.74 Å². The summed E-state index contributed by atoms with van der Waals surface area (Å²) in [5.41, 5.74) is 0.495. The maximum atomic E-state index is 13.7. The Morgan fingerprint density at radius 2 is 2.00 bits per heavy atom. The minimum Gasteiger partial charge on any atom is -0.505 e. The third kappa shape index (κ3) is 2.82. The predicted octanol–water partition coefficient (Wildman–Crippen LogP) is 2.13. The van der Waals surface area contributed by atoms with Gasteiger partial charge in [-0.25, -0.2) is 4.39 Å². The molecule has 0 bridgehead atoms. The van der Waals surface area contributed by atoms with Crippen LogP contribution in [-0.4, -0.2) is 59.6 Å². The second kappa shape index (κ2) is 6.91. The molecule has 4 rings (SSSR count). The fourth-order valence-corrected chi connectivity index (χ4v) is 4.23. The number of hydrogen-bond acceptors (Lipinski definition) is 4. The molecule has 2 atom stereocenters. The number of ether oxygens (including phenoxy) is 1. The Morgan fingerprint density at radius 3 is 2.71 bits per heavy atom. The van der Waals surface area contributed by atoms with Gasteiger partial charge >= 0.3 is 0 Å². The molecule has 146 valence electrons. The second-order valence-electron chi connectivity index (χ2n) is 7.21. The Hall–Kier alpha value is -2.93. The Balaban J connectivity index is 1.64. The van der Waals surface area contributed by atoms with E-state index in [-0.39, 0.29) is 30.5 Å². The molecule has 28 heavy (non-hydrogen) atoms. The first-order valence-electron chi connectivity index (χ1n) is 9.15. The van der Waals surface area contributed by atoms with Crippen LogP contribution in [0.15, 0.2) is 48.5 Å². The molecule has 0 aromatic heterocycles. The molecule has 2 amide bonds. The Kier molecular flexibility index (Phi) is 4.55. The maximum Gasteiger partial charge on any atom is 0.254 e. The van der Waals surface area contributed by atoms with Crippen molar-refractivity contribution < 1.29 is 23.8 Å². The first-order chi connectivity index (χ1) is 13.4. The number of phenolic OH excluding ortho intramolecular Hbond substituents is 1. The van der Waals surface area contributed by atoms with Crippen molar-refractivity contribution >= 4 is 11.8 Å². The van der Waals surface area contributed by atoms with Gasteiger partial charge in [0.05, 0.1) is 5.54 Å². The van der Waals surface area contributed by atoms with E-state index in [1.807, 2.05) is 30.3 Å². The topological polar surface area (TPSA) is 70.1 Å². The molecule has 2 aromatic carbocycles. The van der Waals surface area contributed by atoms with Crippen LogP contribution in [0.25, 0.3) is 0 Å². The summed E-state index contributed by atoms with van der Waals surface area (Å²) in [6.45, 7) is 0.646. The van der Waals surface area contributed by atoms with Crippen LogP contribution in [0.4, 0.5) is 4.39 Å². The van der Waals surface area contributed by atoms with Crippen LogP contribution in [0.3, 0.4) is 0 Å². The molecule has 0 saturated carbocycles. The summed E-state index contributed by atoms with van der Waals surface area (Å²) in [5, 5.41) is 9.35. The van der Waals surface area contributed by atoms with Crippen molar-refractivity contribution in [1.29, 1.82) is 0 Å². The largest absolute Gasteiger partial charge is 0.505 e. The third-order valence-electron chi connectivity index (χ3n) is 5.82. The van der Waals surface area contributed by atoms with Gasteiger partial charge in [-0.3, -0.25) is 9.59 Å². The lowest BCUT2D eigenvalue weighted by atomic mass is 9.76. The van der Waals surface area contributed by atoms with Crippen molar-refractivity contribution in [3.8, 4) is 5.75 Å². The van der Waals surface area contributed by atoms with E-state index >= 15 is 0 Å². The molecule has 0 spiro atoms. The van der Waals surface area contributed by atoms with Gasteiger partial charge in [0, 0.05) is 25.7 Å². The van der Waals surface area contributed by atoms with Crippen LogP contribution in [0, 0.1) is 5.82 Å². The zero-order chi connectivity index (χ0) is 19.9. The fraction of sp³-hybridized carbons (Fsp3) is 0.333. The molecule has 7 heteroatoms. The number of hydrogen-bond donors (Lipinski definition) is 1. The fourth-order valence-electron chi connectivity index (χ4n) is 4.23. The number of nitrogens with zero attached hydrogens (tertiary/aromatic N) is 2. The number of rotatable bonds is 2. The van der Waals surface area contributed by atoms with E-state index in [0.717, 1.165) is 11.6 Å². The highest BCUT2D eigenvalue weighted by Gasteiger charge is 2.53. The number of aromatic hydroxyl groups is 1. The van der Waals surface area contributed by atoms with E-state index in [1.54, 1.807) is 16.8 Å². The number of phenols is 1. The summed E-state index contributed by atoms with van der Waals surface area (Å²) >= 11 is 0. The standard InChI is InChI=1S/C21H21FN2O4/c1-23-19(26)13-28-18-12-24(20(27)14-7-8-17(25)16(22)11-14)10-9-21(18,23)15-5-3-2-4-6-15/h2-8,11,18,25H,9-10,12-13H2,1H3/t18-,21+/m1/s1. The summed E-state index contributed by atoms with van der Waals surface area (Å²) in [7, 11) is 1.78. The lowest BCUT2D eigenvalue weighted by molar-refractivity contribution is -0.180. The lowest BCUT2D eigenvalue weighted by Crippen LogP contribution is -2.67. The Labute approximate surface area is 162 Å². The summed E-state index contributed by atoms with van der Waals surface area (Å²) in [6, 6.07) is 13.3. The predicted molar refractivity (Wildman–Crippen MR) is 99.2 cm³/mol. The summed E-state index contributed by atoms with van der Waals surface area (Å²) < 4.78 is 19.5. The summed E-state index contributed by atoms with van der Waals surface area (Å²) in [5.74, 6) is -1.75. The van der Waals surface area contributed by atoms with Crippen molar-refractivity contribution in [3.63, 3.8) is 0 Å². The molecule has 2 heterocycles. The van der Waals surface area contributed by atoms with Gasteiger partial charge in [-0.2, -0.15) is 0 Å². The number of piperidine rings is 1. The van der Waals surface area contributed by atoms with Crippen LogP contribution in [0.5, 0.6) is 5.75 Å². The number of amides is 2. The van der Waals surface area contributed by atoms with E-state index in [2.05, 4.69) is 0 Å². The maximum absolute atomic E-state index is 13.7. The average molecular weight is 384 g/mol. The molecule has 0 aliphatic carbocycles. The molecule has 2 fully saturated rings. The number of fused-ring (bicyclic) bond motifs is 1. The molecule has 1 N–H and O–H groups in total. The number of benzene rings is 2. The molecule has 2 aromatic rings. The van der Waals surface area contributed by atoms with Crippen LogP contribution in [0.2, 0.25) is 0 Å². The van der Waals surface area contributed by atoms with Crippen molar-refractivity contribution in [2.24, 2.45) is 0 Å². The van der Waals surface area contributed by atoms with Gasteiger partial charge in [0.25, 0.3) is 5.91 Å². The number of halogens is 1. The number of carbonyl (C=O) groups excluding carboxylic acids is 2. The highest BCUT2D eigenvalue weighted by molar-refractivity contribution is 5.94. The minimum atomic E-state index is -0.833. The summed E-state index contributed by atoms with van der Waals surface area (Å²) in [6.07, 6.45) is 0.119. The van der Waals surface area contributed by atoms with E-state index in [1.165, 1.54) is 12.1 Å². The number of likely N-dealkylation sites (tertiary alicyclic amines) is 1. The number of likely N-dealkylation sites (N-methyl/N-ethyl adjacent to an activating group) is 1. The monoisotopic (exact) mass is 384 g/mol. The van der Waals surface area contributed by atoms with Crippen molar-refractivity contribution in [2.75, 3.05) is 26.7 Å². The molecule has 2 saturated heterocycles. The molecule has 2 aliphatic rings. The van der Waals surface area contributed by atoms with E-state index in [0.29, 0.717) is 13.0 Å². The Morgan fingerprint density at radius 1 is 1.25 bits per heavy atom. The highest BCUT2D eigenvalue weighted by atomic mass is 19.1. The van der Waals surface area contributed by atoms with Crippen LogP contribution >= 0.6 is 0 Å². The normalized spacial score (nSPS) is 24.8. The van der Waals surface area contributed by atoms with Gasteiger partial charge in [-0.05, 0) is 30.2 Å². The van der Waals surface area contributed by atoms with Crippen molar-refractivity contribution in [1.82, 2.24) is 9.80 Å². The average Bonchev–Trinajstić information content (AvgIpc) is 2.72. The molecule has 0 unspecified atom stereocenters. The minimum absolute atomic E-state index is 0.0361. The molecule has 6 nitrogen and oxygen atoms in total. The van der Waals surface area contributed by atoms with Crippen LogP contribution in [0.1, 0.15) is 22.3 Å². The molecule has 0 radical (unpaired) electrons.